The van der Waals surface area contributed by atoms with E-state index in [0.29, 0.717) is 26.2 Å². The molecule has 2 rings (SSSR count). The van der Waals surface area contributed by atoms with Crippen molar-refractivity contribution in [3.8, 4) is 0 Å². The minimum absolute atomic E-state index is 0.231. The molecule has 1 saturated carbocycles. The van der Waals surface area contributed by atoms with Gasteiger partial charge >= 0.3 is 5.97 Å². The van der Waals surface area contributed by atoms with Crippen LogP contribution in [-0.2, 0) is 33.2 Å². The highest BCUT2D eigenvalue weighted by Gasteiger charge is 2.50. The molecule has 36 heavy (non-hydrogen) atoms. The molecule has 2 fully saturated rings. The lowest BCUT2D eigenvalue weighted by molar-refractivity contribution is -0.333. The Labute approximate surface area is 218 Å². The van der Waals surface area contributed by atoms with Crippen LogP contribution in [0.2, 0.25) is 0 Å². The van der Waals surface area contributed by atoms with Gasteiger partial charge in [-0.3, -0.25) is 4.79 Å². The van der Waals surface area contributed by atoms with Crippen molar-refractivity contribution in [2.24, 2.45) is 11.8 Å². The zero-order chi connectivity index (χ0) is 26.5. The number of carbonyl (C=O) groups is 1. The molecule has 2 aliphatic rings. The van der Waals surface area contributed by atoms with Crippen LogP contribution in [0.1, 0.15) is 79.1 Å². The van der Waals surface area contributed by atoms with Gasteiger partial charge in [0.2, 0.25) is 0 Å². The Morgan fingerprint density at radius 3 is 2.00 bits per heavy atom. The van der Waals surface area contributed by atoms with Crippen molar-refractivity contribution in [1.29, 1.82) is 0 Å². The molecule has 0 bridgehead atoms. The summed E-state index contributed by atoms with van der Waals surface area (Å²) in [5, 5.41) is 11.0. The molecule has 0 radical (unpaired) electrons. The first-order valence-electron chi connectivity index (χ1n) is 14.0. The zero-order valence-electron chi connectivity index (χ0n) is 23.1. The summed E-state index contributed by atoms with van der Waals surface area (Å²) in [6.45, 7) is 14.1. The Hall–Kier alpha value is -1.03. The molecule has 0 aromatic carbocycles. The molecule has 8 heteroatoms. The highest BCUT2D eigenvalue weighted by molar-refractivity contribution is 5.72. The molecule has 4 unspecified atom stereocenters. The van der Waals surface area contributed by atoms with E-state index in [0.717, 1.165) is 38.5 Å². The van der Waals surface area contributed by atoms with Gasteiger partial charge in [0.1, 0.15) is 18.3 Å². The molecule has 8 nitrogen and oxygen atoms in total. The number of esters is 1. The molecule has 1 heterocycles. The predicted molar refractivity (Wildman–Crippen MR) is 138 cm³/mol. The smallest absolute Gasteiger partial charge is 0.308 e. The van der Waals surface area contributed by atoms with Gasteiger partial charge < -0.3 is 33.5 Å². The molecule has 1 saturated heterocycles. The first-order valence-corrected chi connectivity index (χ1v) is 14.0. The second-order valence-electron chi connectivity index (χ2n) is 10.0. The minimum Gasteiger partial charge on any atom is -0.469 e. The van der Waals surface area contributed by atoms with E-state index in [2.05, 4.69) is 27.4 Å². The summed E-state index contributed by atoms with van der Waals surface area (Å²) in [5.74, 6) is -0.942. The Morgan fingerprint density at radius 1 is 0.917 bits per heavy atom. The van der Waals surface area contributed by atoms with Crippen LogP contribution in [-0.4, -0.2) is 80.9 Å². The van der Waals surface area contributed by atoms with Crippen LogP contribution in [0.25, 0.3) is 0 Å². The molecular weight excluding hydrogens is 464 g/mol. The van der Waals surface area contributed by atoms with Crippen molar-refractivity contribution >= 4 is 5.97 Å². The van der Waals surface area contributed by atoms with Crippen molar-refractivity contribution in [1.82, 2.24) is 0 Å². The van der Waals surface area contributed by atoms with Gasteiger partial charge in [-0.05, 0) is 39.0 Å². The first kappa shape index (κ1) is 31.2. The highest BCUT2D eigenvalue weighted by Crippen LogP contribution is 2.37. The van der Waals surface area contributed by atoms with Crippen LogP contribution in [0.4, 0.5) is 0 Å². The van der Waals surface area contributed by atoms with Gasteiger partial charge in [-0.2, -0.15) is 0 Å². The summed E-state index contributed by atoms with van der Waals surface area (Å²) in [5.41, 5.74) is 0. The number of hydrogen-bond donors (Lipinski definition) is 1. The normalized spacial score (nSPS) is 34.9. The van der Waals surface area contributed by atoms with Gasteiger partial charge in [-0.25, -0.2) is 0 Å². The summed E-state index contributed by atoms with van der Waals surface area (Å²) in [6.07, 6.45) is 4.78. The summed E-state index contributed by atoms with van der Waals surface area (Å²) >= 11 is 0. The van der Waals surface area contributed by atoms with E-state index in [-0.39, 0.29) is 36.6 Å². The number of rotatable bonds is 16. The van der Waals surface area contributed by atoms with Gasteiger partial charge in [0.25, 0.3) is 0 Å². The lowest BCUT2D eigenvalue weighted by Crippen LogP contribution is -2.62. The lowest BCUT2D eigenvalue weighted by atomic mass is 9.77. The maximum Gasteiger partial charge on any atom is 0.308 e. The number of aliphatic hydroxyl groups is 1. The van der Waals surface area contributed by atoms with E-state index in [4.69, 9.17) is 28.4 Å². The molecule has 0 aromatic rings. The van der Waals surface area contributed by atoms with Gasteiger partial charge in [-0.15, -0.1) is 6.58 Å². The van der Waals surface area contributed by atoms with Gasteiger partial charge in [0, 0.05) is 25.7 Å². The molecule has 0 amide bonds. The monoisotopic (exact) mass is 514 g/mol. The third-order valence-corrected chi connectivity index (χ3v) is 7.16. The number of unbranched alkanes of at least 4 members (excludes halogenated alkanes) is 3. The number of ether oxygens (including phenoxy) is 6. The number of hydrogen-bond acceptors (Lipinski definition) is 8. The van der Waals surface area contributed by atoms with Crippen LogP contribution in [0.5, 0.6) is 0 Å². The average molecular weight is 515 g/mol. The molecule has 0 spiro atoms. The lowest BCUT2D eigenvalue weighted by Gasteiger charge is -2.47. The van der Waals surface area contributed by atoms with Gasteiger partial charge in [-0.1, -0.05) is 46.1 Å². The Morgan fingerprint density at radius 2 is 1.47 bits per heavy atom. The van der Waals surface area contributed by atoms with Crippen molar-refractivity contribution in [2.75, 3.05) is 26.9 Å². The molecule has 210 valence electrons. The van der Waals surface area contributed by atoms with Crippen LogP contribution < -0.4 is 0 Å². The summed E-state index contributed by atoms with van der Waals surface area (Å²) in [7, 11) is 1.37. The second-order valence-corrected chi connectivity index (χ2v) is 10.0. The molecular formula is C28H50O8. The quantitative estimate of drug-likeness (QED) is 0.184. The van der Waals surface area contributed by atoms with E-state index >= 15 is 0 Å². The fourth-order valence-corrected chi connectivity index (χ4v) is 4.98. The molecule has 1 aliphatic heterocycles. The van der Waals surface area contributed by atoms with Crippen molar-refractivity contribution in [3.05, 3.63) is 12.7 Å². The molecule has 1 aliphatic carbocycles. The molecule has 0 aromatic heterocycles. The van der Waals surface area contributed by atoms with Crippen molar-refractivity contribution in [3.63, 3.8) is 0 Å². The summed E-state index contributed by atoms with van der Waals surface area (Å²) in [6, 6.07) is 0. The van der Waals surface area contributed by atoms with Crippen molar-refractivity contribution < 1.29 is 38.3 Å². The van der Waals surface area contributed by atoms with Crippen LogP contribution in [0.15, 0.2) is 12.7 Å². The van der Waals surface area contributed by atoms with Gasteiger partial charge in [0.05, 0.1) is 31.3 Å². The number of aliphatic hydroxyl groups excluding tert-OH is 1. The Kier molecular flexibility index (Phi) is 14.5. The standard InChI is InChI=1S/C28H50O8/c1-7-11-14-32-23-19(5)35-28(26(34-16-13-9-3)25(23)33-15-12-8-2)36-24-20(10-4)17-21(18-22(24)29)27(30)31-6/h10,19-26,28-29H,4,7-9,11-18H2,1-3,5-6H3/t19-,20?,21?,22+,23?,24+,25-,26-,28?/m0/s1. The third kappa shape index (κ3) is 8.77. The number of carbonyl (C=O) groups excluding carboxylic acids is 1. The second kappa shape index (κ2) is 16.7. The zero-order valence-corrected chi connectivity index (χ0v) is 23.1. The predicted octanol–water partition coefficient (Wildman–Crippen LogP) is 4.42. The fourth-order valence-electron chi connectivity index (χ4n) is 4.98. The van der Waals surface area contributed by atoms with Gasteiger partial charge in [0.15, 0.2) is 6.29 Å². The van der Waals surface area contributed by atoms with E-state index < -0.39 is 30.5 Å². The van der Waals surface area contributed by atoms with Crippen LogP contribution in [0, 0.1) is 11.8 Å². The third-order valence-electron chi connectivity index (χ3n) is 7.16. The van der Waals surface area contributed by atoms with Crippen molar-refractivity contribution in [2.45, 2.75) is 122 Å². The summed E-state index contributed by atoms with van der Waals surface area (Å²) < 4.78 is 36.8. The largest absolute Gasteiger partial charge is 0.469 e. The SMILES string of the molecule is C=CC1CC(C(=O)OC)C[C@@H](O)[C@@H]1OC1O[C@@H](C)C(OCCCC)[C@H](OCCCC)[C@@H]1OCCCC. The minimum atomic E-state index is -0.862. The molecule has 9 atom stereocenters. The highest BCUT2D eigenvalue weighted by atomic mass is 16.7. The Balaban J connectivity index is 2.25. The van der Waals surface area contributed by atoms with E-state index in [1.165, 1.54) is 7.11 Å². The maximum absolute atomic E-state index is 12.1. The number of methoxy groups -OCH3 is 1. The molecule has 1 N–H and O–H groups in total. The van der Waals surface area contributed by atoms with E-state index in [1.54, 1.807) is 6.08 Å². The van der Waals surface area contributed by atoms with E-state index in [9.17, 15) is 9.90 Å². The average Bonchev–Trinajstić information content (AvgIpc) is 2.87. The fraction of sp³-hybridized carbons (Fsp3) is 0.893. The maximum atomic E-state index is 12.1. The van der Waals surface area contributed by atoms with Crippen LogP contribution in [0.3, 0.4) is 0 Å². The van der Waals surface area contributed by atoms with E-state index in [1.807, 2.05) is 6.92 Å². The Bertz CT molecular complexity index is 629. The first-order chi connectivity index (χ1) is 17.4. The van der Waals surface area contributed by atoms with Crippen LogP contribution >= 0.6 is 0 Å². The topological polar surface area (TPSA) is 92.7 Å². The summed E-state index contributed by atoms with van der Waals surface area (Å²) in [4.78, 5) is 12.1.